The Balaban J connectivity index is 2.07. The number of aromatic nitrogens is 2. The Morgan fingerprint density at radius 1 is 1.65 bits per heavy atom. The second kappa shape index (κ2) is 6.85. The van der Waals surface area contributed by atoms with E-state index >= 15 is 0 Å². The lowest BCUT2D eigenvalue weighted by Crippen LogP contribution is -2.43. The maximum atomic E-state index is 12.7. The molecule has 0 aliphatic carbocycles. The van der Waals surface area contributed by atoms with Crippen molar-refractivity contribution in [2.24, 2.45) is 7.05 Å². The molecule has 2 rings (SSSR count). The number of nitrogens with zero attached hydrogens (tertiary/aromatic N) is 3. The van der Waals surface area contributed by atoms with Crippen LogP contribution in [0.5, 0.6) is 0 Å². The Morgan fingerprint density at radius 3 is 3.00 bits per heavy atom. The van der Waals surface area contributed by atoms with Crippen molar-refractivity contribution in [2.75, 3.05) is 33.4 Å². The molecule has 1 unspecified atom stereocenters. The number of ether oxygens (including phenoxy) is 1. The molecule has 1 saturated heterocycles. The van der Waals surface area contributed by atoms with Crippen LogP contribution in [-0.4, -0.2) is 60.0 Å². The summed E-state index contributed by atoms with van der Waals surface area (Å²) in [5, 5.41) is 7.68. The molecule has 1 aromatic rings. The fourth-order valence-corrected chi connectivity index (χ4v) is 2.63. The van der Waals surface area contributed by atoms with Crippen LogP contribution in [0.3, 0.4) is 0 Å². The van der Waals surface area contributed by atoms with Gasteiger partial charge in [-0.1, -0.05) is 0 Å². The summed E-state index contributed by atoms with van der Waals surface area (Å²) in [6.07, 6.45) is 2.31. The van der Waals surface area contributed by atoms with Gasteiger partial charge in [0.15, 0.2) is 0 Å². The number of methoxy groups -OCH3 is 1. The Hall–Kier alpha value is -1.40. The first kappa shape index (κ1) is 15.0. The van der Waals surface area contributed by atoms with Crippen molar-refractivity contribution in [1.29, 1.82) is 0 Å². The average molecular weight is 280 g/mol. The summed E-state index contributed by atoms with van der Waals surface area (Å²) >= 11 is 0. The SMILES string of the molecule is COCCN(CC1CCCN1)C(=O)c1cc(C)nn1C. The molecule has 1 fully saturated rings. The number of carbonyl (C=O) groups is 1. The van der Waals surface area contributed by atoms with E-state index in [9.17, 15) is 4.79 Å². The maximum absolute atomic E-state index is 12.7. The van der Waals surface area contributed by atoms with Crippen LogP contribution >= 0.6 is 0 Å². The molecule has 0 aromatic carbocycles. The van der Waals surface area contributed by atoms with Gasteiger partial charge in [0.25, 0.3) is 5.91 Å². The molecule has 20 heavy (non-hydrogen) atoms. The summed E-state index contributed by atoms with van der Waals surface area (Å²) < 4.78 is 6.77. The predicted octanol–water partition coefficient (Wildman–Crippen LogP) is 0.569. The predicted molar refractivity (Wildman–Crippen MR) is 76.7 cm³/mol. The lowest BCUT2D eigenvalue weighted by Gasteiger charge is -2.25. The molecule has 112 valence electrons. The zero-order valence-electron chi connectivity index (χ0n) is 12.6. The summed E-state index contributed by atoms with van der Waals surface area (Å²) in [5.74, 6) is 0.0267. The third kappa shape index (κ3) is 3.58. The summed E-state index contributed by atoms with van der Waals surface area (Å²) in [6, 6.07) is 2.23. The number of nitrogens with one attached hydrogen (secondary N) is 1. The van der Waals surface area contributed by atoms with Crippen molar-refractivity contribution < 1.29 is 9.53 Å². The summed E-state index contributed by atoms with van der Waals surface area (Å²) in [4.78, 5) is 14.5. The first-order valence-corrected chi connectivity index (χ1v) is 7.14. The lowest BCUT2D eigenvalue weighted by atomic mass is 10.2. The largest absolute Gasteiger partial charge is 0.383 e. The molecule has 1 N–H and O–H groups in total. The van der Waals surface area contributed by atoms with Crippen molar-refractivity contribution >= 4 is 5.91 Å². The third-order valence-corrected chi connectivity index (χ3v) is 3.68. The third-order valence-electron chi connectivity index (χ3n) is 3.68. The molecular formula is C14H24N4O2. The van der Waals surface area contributed by atoms with Crippen molar-refractivity contribution in [3.8, 4) is 0 Å². The van der Waals surface area contributed by atoms with Gasteiger partial charge in [-0.15, -0.1) is 0 Å². The number of carbonyl (C=O) groups excluding carboxylic acids is 1. The van der Waals surface area contributed by atoms with Crippen LogP contribution in [0.25, 0.3) is 0 Å². The van der Waals surface area contributed by atoms with Gasteiger partial charge in [-0.05, 0) is 32.4 Å². The van der Waals surface area contributed by atoms with Crippen molar-refractivity contribution in [1.82, 2.24) is 20.0 Å². The van der Waals surface area contributed by atoms with Gasteiger partial charge in [0.1, 0.15) is 5.69 Å². The molecule has 1 aromatic heterocycles. The summed E-state index contributed by atoms with van der Waals surface area (Å²) in [6.45, 7) is 4.83. The van der Waals surface area contributed by atoms with Crippen LogP contribution in [0.2, 0.25) is 0 Å². The number of hydrogen-bond acceptors (Lipinski definition) is 4. The molecule has 1 aliphatic rings. The van der Waals surface area contributed by atoms with Crippen LogP contribution in [0.1, 0.15) is 29.0 Å². The zero-order valence-corrected chi connectivity index (χ0v) is 12.6. The molecule has 1 atom stereocenters. The highest BCUT2D eigenvalue weighted by molar-refractivity contribution is 5.92. The standard InChI is InChI=1S/C14H24N4O2/c1-11-9-13(17(2)16-11)14(19)18(7-8-20-3)10-12-5-4-6-15-12/h9,12,15H,4-8,10H2,1-3H3. The number of aryl methyl sites for hydroxylation is 2. The fraction of sp³-hybridized carbons (Fsp3) is 0.714. The van der Waals surface area contributed by atoms with E-state index in [0.29, 0.717) is 24.9 Å². The molecule has 0 saturated carbocycles. The van der Waals surface area contributed by atoms with Crippen LogP contribution in [0.15, 0.2) is 6.07 Å². The van der Waals surface area contributed by atoms with E-state index < -0.39 is 0 Å². The molecule has 6 nitrogen and oxygen atoms in total. The minimum absolute atomic E-state index is 0.0267. The topological polar surface area (TPSA) is 59.4 Å². The maximum Gasteiger partial charge on any atom is 0.272 e. The Bertz CT molecular complexity index is 452. The molecule has 0 radical (unpaired) electrons. The van der Waals surface area contributed by atoms with E-state index in [1.165, 1.54) is 6.42 Å². The number of hydrogen-bond donors (Lipinski definition) is 1. The van der Waals surface area contributed by atoms with Gasteiger partial charge in [-0.25, -0.2) is 0 Å². The normalized spacial score (nSPS) is 18.4. The molecule has 1 amide bonds. The quantitative estimate of drug-likeness (QED) is 0.827. The average Bonchev–Trinajstić information content (AvgIpc) is 3.03. The number of amides is 1. The molecule has 2 heterocycles. The summed E-state index contributed by atoms with van der Waals surface area (Å²) in [7, 11) is 3.47. The van der Waals surface area contributed by atoms with Gasteiger partial charge in [0.05, 0.1) is 12.3 Å². The van der Waals surface area contributed by atoms with Crippen LogP contribution in [0.4, 0.5) is 0 Å². The highest BCUT2D eigenvalue weighted by Gasteiger charge is 2.24. The highest BCUT2D eigenvalue weighted by Crippen LogP contribution is 2.11. The molecule has 0 spiro atoms. The first-order valence-electron chi connectivity index (χ1n) is 7.14. The van der Waals surface area contributed by atoms with Gasteiger partial charge < -0.3 is 15.0 Å². The molecule has 0 bridgehead atoms. The fourth-order valence-electron chi connectivity index (χ4n) is 2.63. The molecule has 1 aliphatic heterocycles. The summed E-state index contributed by atoms with van der Waals surface area (Å²) in [5.41, 5.74) is 1.50. The second-order valence-corrected chi connectivity index (χ2v) is 5.33. The van der Waals surface area contributed by atoms with E-state index in [-0.39, 0.29) is 5.91 Å². The second-order valence-electron chi connectivity index (χ2n) is 5.33. The van der Waals surface area contributed by atoms with Gasteiger partial charge >= 0.3 is 0 Å². The molecular weight excluding hydrogens is 256 g/mol. The lowest BCUT2D eigenvalue weighted by molar-refractivity contribution is 0.0668. The van der Waals surface area contributed by atoms with Crippen molar-refractivity contribution in [3.05, 3.63) is 17.5 Å². The Morgan fingerprint density at radius 2 is 2.45 bits per heavy atom. The highest BCUT2D eigenvalue weighted by atomic mass is 16.5. The van der Waals surface area contributed by atoms with Gasteiger partial charge in [0, 0.05) is 33.3 Å². The van der Waals surface area contributed by atoms with Gasteiger partial charge in [-0.2, -0.15) is 5.10 Å². The minimum Gasteiger partial charge on any atom is -0.383 e. The van der Waals surface area contributed by atoms with Crippen LogP contribution in [-0.2, 0) is 11.8 Å². The monoisotopic (exact) mass is 280 g/mol. The van der Waals surface area contributed by atoms with E-state index in [1.807, 2.05) is 24.9 Å². The first-order chi connectivity index (χ1) is 9.61. The van der Waals surface area contributed by atoms with E-state index in [0.717, 1.165) is 25.2 Å². The van der Waals surface area contributed by atoms with Crippen LogP contribution in [0, 0.1) is 6.92 Å². The van der Waals surface area contributed by atoms with E-state index in [4.69, 9.17) is 4.74 Å². The van der Waals surface area contributed by atoms with Gasteiger partial charge in [-0.3, -0.25) is 9.48 Å². The smallest absolute Gasteiger partial charge is 0.272 e. The minimum atomic E-state index is 0.0267. The number of rotatable bonds is 6. The Labute approximate surface area is 120 Å². The van der Waals surface area contributed by atoms with E-state index in [2.05, 4.69) is 10.4 Å². The Kier molecular flexibility index (Phi) is 5.14. The molecule has 6 heteroatoms. The van der Waals surface area contributed by atoms with Crippen molar-refractivity contribution in [2.45, 2.75) is 25.8 Å². The zero-order chi connectivity index (χ0) is 14.5. The van der Waals surface area contributed by atoms with Crippen molar-refractivity contribution in [3.63, 3.8) is 0 Å². The van der Waals surface area contributed by atoms with Gasteiger partial charge in [0.2, 0.25) is 0 Å². The van der Waals surface area contributed by atoms with Crippen LogP contribution < -0.4 is 5.32 Å². The van der Waals surface area contributed by atoms with E-state index in [1.54, 1.807) is 11.8 Å².